The molecule has 0 bridgehead atoms. The van der Waals surface area contributed by atoms with Gasteiger partial charge in [0.25, 0.3) is 0 Å². The molecule has 1 aromatic rings. The van der Waals surface area contributed by atoms with Crippen LogP contribution in [0.5, 0.6) is 11.5 Å². The number of phenolic OH excluding ortho intramolecular Hbond substituents is 2. The summed E-state index contributed by atoms with van der Waals surface area (Å²) >= 11 is 0. The second kappa shape index (κ2) is 4.14. The Morgan fingerprint density at radius 3 is 2.47 bits per heavy atom. The van der Waals surface area contributed by atoms with Gasteiger partial charge in [0.15, 0.2) is 17.3 Å². The smallest absolute Gasteiger partial charge is 0.312 e. The van der Waals surface area contributed by atoms with Crippen LogP contribution in [0.1, 0.15) is 11.5 Å². The highest BCUT2D eigenvalue weighted by atomic mass is 19.1. The van der Waals surface area contributed by atoms with E-state index in [0.29, 0.717) is 0 Å². The summed E-state index contributed by atoms with van der Waals surface area (Å²) in [6.45, 7) is -0.223. The minimum Gasteiger partial charge on any atom is -0.504 e. The number of carboxylic acids is 1. The highest BCUT2D eigenvalue weighted by Crippen LogP contribution is 2.31. The van der Waals surface area contributed by atoms with Crippen LogP contribution in [0.4, 0.5) is 4.39 Å². The van der Waals surface area contributed by atoms with Gasteiger partial charge in [-0.15, -0.1) is 0 Å². The zero-order valence-corrected chi connectivity index (χ0v) is 7.64. The van der Waals surface area contributed by atoms with E-state index in [1.807, 2.05) is 0 Å². The molecule has 5 nitrogen and oxygen atoms in total. The van der Waals surface area contributed by atoms with Crippen LogP contribution in [0.25, 0.3) is 0 Å². The third-order valence-corrected chi connectivity index (χ3v) is 2.00. The largest absolute Gasteiger partial charge is 0.504 e. The molecule has 0 saturated heterocycles. The molecule has 1 rings (SSSR count). The number of carboxylic acid groups (broad SMARTS) is 1. The van der Waals surface area contributed by atoms with Gasteiger partial charge in [-0.3, -0.25) is 4.79 Å². The predicted octanol–water partition coefficient (Wildman–Crippen LogP) is 0.364. The molecule has 0 heterocycles. The number of benzene rings is 1. The highest BCUT2D eigenvalue weighted by Gasteiger charge is 2.21. The van der Waals surface area contributed by atoms with Crippen LogP contribution in [0.2, 0.25) is 0 Å². The molecule has 0 spiro atoms. The molecule has 0 aliphatic rings. The molecule has 0 aliphatic heterocycles. The Bertz CT molecular complexity index is 371. The molecule has 15 heavy (non-hydrogen) atoms. The van der Waals surface area contributed by atoms with Gasteiger partial charge < -0.3 is 21.1 Å². The number of nitrogens with two attached hydrogens (primary N) is 1. The number of halogens is 1. The molecular weight excluding hydrogens is 205 g/mol. The number of hydrogen-bond acceptors (Lipinski definition) is 4. The Labute approximate surface area is 84.6 Å². The molecule has 0 radical (unpaired) electrons. The summed E-state index contributed by atoms with van der Waals surface area (Å²) in [6.07, 6.45) is 0. The van der Waals surface area contributed by atoms with Crippen molar-refractivity contribution in [3.63, 3.8) is 0 Å². The Balaban J connectivity index is 3.20. The molecule has 0 saturated carbocycles. The van der Waals surface area contributed by atoms with E-state index < -0.39 is 29.2 Å². The summed E-state index contributed by atoms with van der Waals surface area (Å²) in [5.74, 6) is -5.01. The summed E-state index contributed by atoms with van der Waals surface area (Å²) in [5.41, 5.74) is 5.21. The Morgan fingerprint density at radius 1 is 1.47 bits per heavy atom. The van der Waals surface area contributed by atoms with Crippen LogP contribution in [-0.2, 0) is 4.79 Å². The van der Waals surface area contributed by atoms with Gasteiger partial charge in [0.05, 0.1) is 5.92 Å². The molecule has 0 aliphatic carbocycles. The molecule has 1 unspecified atom stereocenters. The van der Waals surface area contributed by atoms with Gasteiger partial charge in [0.2, 0.25) is 0 Å². The van der Waals surface area contributed by atoms with E-state index in [4.69, 9.17) is 21.1 Å². The third-order valence-electron chi connectivity index (χ3n) is 2.00. The molecule has 0 fully saturated rings. The lowest BCUT2D eigenvalue weighted by Crippen LogP contribution is -2.21. The highest BCUT2D eigenvalue weighted by molar-refractivity contribution is 5.76. The lowest BCUT2D eigenvalue weighted by Gasteiger charge is -2.11. The maximum absolute atomic E-state index is 13.0. The normalized spacial score (nSPS) is 12.4. The molecule has 5 N–H and O–H groups in total. The predicted molar refractivity (Wildman–Crippen MR) is 49.2 cm³/mol. The molecule has 1 aromatic carbocycles. The van der Waals surface area contributed by atoms with Crippen LogP contribution < -0.4 is 5.73 Å². The van der Waals surface area contributed by atoms with Gasteiger partial charge in [0, 0.05) is 6.54 Å². The first-order valence-corrected chi connectivity index (χ1v) is 4.11. The monoisotopic (exact) mass is 215 g/mol. The number of phenols is 2. The minimum absolute atomic E-state index is 0.0119. The van der Waals surface area contributed by atoms with Crippen molar-refractivity contribution < 1.29 is 24.5 Å². The Morgan fingerprint density at radius 2 is 2.07 bits per heavy atom. The maximum atomic E-state index is 13.0. The summed E-state index contributed by atoms with van der Waals surface area (Å²) in [7, 11) is 0. The number of carbonyl (C=O) groups is 1. The van der Waals surface area contributed by atoms with Crippen molar-refractivity contribution in [2.24, 2.45) is 5.73 Å². The van der Waals surface area contributed by atoms with Gasteiger partial charge in [-0.1, -0.05) is 0 Å². The lowest BCUT2D eigenvalue weighted by molar-refractivity contribution is -0.138. The van der Waals surface area contributed by atoms with Gasteiger partial charge in [0.1, 0.15) is 0 Å². The summed E-state index contributed by atoms with van der Waals surface area (Å²) in [5, 5.41) is 26.7. The fourth-order valence-electron chi connectivity index (χ4n) is 1.19. The summed E-state index contributed by atoms with van der Waals surface area (Å²) in [4.78, 5) is 10.7. The van der Waals surface area contributed by atoms with Gasteiger partial charge in [-0.2, -0.15) is 0 Å². The van der Waals surface area contributed by atoms with E-state index in [2.05, 4.69) is 0 Å². The first-order chi connectivity index (χ1) is 6.97. The van der Waals surface area contributed by atoms with Gasteiger partial charge in [-0.25, -0.2) is 4.39 Å². The van der Waals surface area contributed by atoms with E-state index >= 15 is 0 Å². The van der Waals surface area contributed by atoms with Crippen LogP contribution >= 0.6 is 0 Å². The minimum atomic E-state index is -1.22. The number of rotatable bonds is 3. The van der Waals surface area contributed by atoms with Crippen molar-refractivity contribution in [3.05, 3.63) is 23.5 Å². The zero-order chi connectivity index (χ0) is 11.6. The average molecular weight is 215 g/mol. The Kier molecular flexibility index (Phi) is 3.11. The van der Waals surface area contributed by atoms with Crippen molar-refractivity contribution in [2.45, 2.75) is 5.92 Å². The first-order valence-electron chi connectivity index (χ1n) is 4.11. The van der Waals surface area contributed by atoms with Crippen molar-refractivity contribution in [1.82, 2.24) is 0 Å². The molecule has 82 valence electrons. The summed E-state index contributed by atoms with van der Waals surface area (Å²) < 4.78 is 13.0. The molecule has 1 atom stereocenters. The third kappa shape index (κ3) is 2.16. The quantitative estimate of drug-likeness (QED) is 0.545. The van der Waals surface area contributed by atoms with Crippen molar-refractivity contribution in [3.8, 4) is 11.5 Å². The Hall–Kier alpha value is -1.82. The topological polar surface area (TPSA) is 104 Å². The molecule has 0 aromatic heterocycles. The fourth-order valence-corrected chi connectivity index (χ4v) is 1.19. The molecule has 6 heteroatoms. The second-order valence-electron chi connectivity index (χ2n) is 3.00. The summed E-state index contributed by atoms with van der Waals surface area (Å²) in [6, 6.07) is 1.81. The van der Waals surface area contributed by atoms with Crippen LogP contribution in [0, 0.1) is 5.82 Å². The number of aromatic hydroxyl groups is 2. The second-order valence-corrected chi connectivity index (χ2v) is 3.00. The number of aliphatic carboxylic acids is 1. The van der Waals surface area contributed by atoms with Crippen LogP contribution in [0.15, 0.2) is 12.1 Å². The zero-order valence-electron chi connectivity index (χ0n) is 7.64. The van der Waals surface area contributed by atoms with E-state index in [0.717, 1.165) is 12.1 Å². The van der Waals surface area contributed by atoms with Crippen molar-refractivity contribution in [1.29, 1.82) is 0 Å². The molecule has 0 amide bonds. The first kappa shape index (κ1) is 11.3. The molecular formula is C9H10FNO4. The van der Waals surface area contributed by atoms with Crippen molar-refractivity contribution >= 4 is 5.97 Å². The fraction of sp³-hybridized carbons (Fsp3) is 0.222. The van der Waals surface area contributed by atoms with Crippen molar-refractivity contribution in [2.75, 3.05) is 6.54 Å². The van der Waals surface area contributed by atoms with Gasteiger partial charge >= 0.3 is 5.97 Å². The SMILES string of the molecule is NCC(C(=O)O)c1cc(O)c(O)c(F)c1. The van der Waals surface area contributed by atoms with E-state index in [9.17, 15) is 9.18 Å². The standard InChI is InChI=1S/C9H10FNO4/c10-6-1-4(2-7(12)8(6)13)5(3-11)9(14)15/h1-2,5,12-13H,3,11H2,(H,14,15). The van der Waals surface area contributed by atoms with E-state index in [1.165, 1.54) is 0 Å². The van der Waals surface area contributed by atoms with E-state index in [-0.39, 0.29) is 12.1 Å². The van der Waals surface area contributed by atoms with Crippen LogP contribution in [0.3, 0.4) is 0 Å². The van der Waals surface area contributed by atoms with E-state index in [1.54, 1.807) is 0 Å². The van der Waals surface area contributed by atoms with Gasteiger partial charge in [-0.05, 0) is 17.7 Å². The average Bonchev–Trinajstić information content (AvgIpc) is 2.14. The maximum Gasteiger partial charge on any atom is 0.312 e. The lowest BCUT2D eigenvalue weighted by atomic mass is 9.99. The number of hydrogen-bond donors (Lipinski definition) is 4. The van der Waals surface area contributed by atoms with Crippen LogP contribution in [-0.4, -0.2) is 27.8 Å².